The predicted molar refractivity (Wildman–Crippen MR) is 75.6 cm³/mol. The number of nitrogen functional groups attached to an aromatic ring is 1. The number of nitrogens with two attached hydrogens (primary N) is 1. The van der Waals surface area contributed by atoms with E-state index in [4.69, 9.17) is 11.1 Å². The van der Waals surface area contributed by atoms with Crippen LogP contribution in [0.2, 0.25) is 0 Å². The topological polar surface area (TPSA) is 70.1 Å². The molecule has 0 atom stereocenters. The van der Waals surface area contributed by atoms with Gasteiger partial charge in [-0.05, 0) is 17.2 Å². The Bertz CT molecular complexity index is 600. The van der Waals surface area contributed by atoms with Crippen LogP contribution >= 0.6 is 0 Å². The van der Waals surface area contributed by atoms with Crippen LogP contribution in [0.4, 0.5) is 3.02 Å². The van der Waals surface area contributed by atoms with E-state index in [2.05, 4.69) is 0 Å². The zero-order chi connectivity index (χ0) is 15.0. The maximum atomic E-state index is 9.70. The second kappa shape index (κ2) is 8.32. The van der Waals surface area contributed by atoms with E-state index in [9.17, 15) is 8.13 Å². The van der Waals surface area contributed by atoms with Crippen molar-refractivity contribution in [3.05, 3.63) is 65.2 Å². The first-order valence-electron chi connectivity index (χ1n) is 5.69. The summed E-state index contributed by atoms with van der Waals surface area (Å²) in [6, 6.07) is 14.9. The van der Waals surface area contributed by atoms with Crippen molar-refractivity contribution in [1.29, 1.82) is 5.41 Å². The Kier molecular flexibility index (Phi) is 6.73. The van der Waals surface area contributed by atoms with Crippen molar-refractivity contribution < 1.29 is 29.7 Å². The molecule has 0 saturated heterocycles. The fourth-order valence-electron chi connectivity index (χ4n) is 1.74. The molecule has 0 aliphatic heterocycles. The van der Waals surface area contributed by atoms with E-state index in [1.807, 2.05) is 48.6 Å². The zero-order valence-corrected chi connectivity index (χ0v) is 12.6. The SMILES string of the molecule is N=C(N)c1c(O)cccc1C=Cc1ccccc1.[F][Au]. The van der Waals surface area contributed by atoms with Gasteiger partial charge < -0.3 is 10.8 Å². The first-order chi connectivity index (χ1) is 9.68. The molecule has 2 rings (SSSR count). The molecule has 0 aliphatic carbocycles. The van der Waals surface area contributed by atoms with Crippen LogP contribution in [-0.4, -0.2) is 10.9 Å². The Morgan fingerprint density at radius 1 is 1.05 bits per heavy atom. The Labute approximate surface area is 130 Å². The molecule has 0 aliphatic rings. The van der Waals surface area contributed by atoms with Gasteiger partial charge in [0.25, 0.3) is 0 Å². The summed E-state index contributed by atoms with van der Waals surface area (Å²) in [6.45, 7) is 0. The molecule has 3 nitrogen and oxygen atoms in total. The number of hydrogen-bond donors (Lipinski definition) is 3. The molecule has 0 aromatic heterocycles. The predicted octanol–water partition coefficient (Wildman–Crippen LogP) is 3.26. The molecule has 0 bridgehead atoms. The van der Waals surface area contributed by atoms with Gasteiger partial charge in [0.1, 0.15) is 11.6 Å². The average Bonchev–Trinajstić information content (AvgIpc) is 2.48. The van der Waals surface area contributed by atoms with E-state index < -0.39 is 0 Å². The summed E-state index contributed by atoms with van der Waals surface area (Å²) in [6.07, 6.45) is 3.76. The van der Waals surface area contributed by atoms with Gasteiger partial charge in [-0.2, -0.15) is 0 Å². The molecule has 2 aromatic carbocycles. The Balaban J connectivity index is 0.000000956. The number of hydrogen-bond acceptors (Lipinski definition) is 2. The molecular weight excluding hydrogens is 440 g/mol. The van der Waals surface area contributed by atoms with Crippen LogP contribution < -0.4 is 5.73 Å². The van der Waals surface area contributed by atoms with Crippen molar-refractivity contribution in [3.8, 4) is 5.75 Å². The van der Waals surface area contributed by atoms with Gasteiger partial charge in [-0.3, -0.25) is 5.41 Å². The molecule has 0 spiro atoms. The van der Waals surface area contributed by atoms with Crippen molar-refractivity contribution in [2.75, 3.05) is 0 Å². The second-order valence-electron chi connectivity index (χ2n) is 3.90. The van der Waals surface area contributed by atoms with Gasteiger partial charge in [0.15, 0.2) is 0 Å². The molecule has 4 N–H and O–H groups in total. The molecule has 0 radical (unpaired) electrons. The number of rotatable bonds is 3. The van der Waals surface area contributed by atoms with Crippen LogP contribution in [0.5, 0.6) is 5.75 Å². The number of nitrogens with one attached hydrogen (secondary N) is 1. The van der Waals surface area contributed by atoms with Gasteiger partial charge in [-0.15, -0.1) is 0 Å². The Morgan fingerprint density at radius 3 is 2.30 bits per heavy atom. The van der Waals surface area contributed by atoms with Gasteiger partial charge in [-0.25, -0.2) is 0 Å². The van der Waals surface area contributed by atoms with Crippen LogP contribution in [0.25, 0.3) is 12.2 Å². The van der Waals surface area contributed by atoms with Crippen molar-refractivity contribution in [2.24, 2.45) is 5.73 Å². The maximum absolute atomic E-state index is 9.70. The number of phenols is 1. The third-order valence-corrected chi connectivity index (χ3v) is 2.60. The summed E-state index contributed by atoms with van der Waals surface area (Å²) in [5.74, 6) is -0.112. The number of aromatic hydroxyl groups is 1. The minimum absolute atomic E-state index is 0.0257. The van der Waals surface area contributed by atoms with Crippen molar-refractivity contribution in [2.45, 2.75) is 0 Å². The molecule has 0 heterocycles. The van der Waals surface area contributed by atoms with E-state index in [0.29, 0.717) is 5.56 Å². The third kappa shape index (κ3) is 4.35. The Hall–Kier alpha value is -1.88. The van der Waals surface area contributed by atoms with Gasteiger partial charge in [0, 0.05) is 0 Å². The number of benzene rings is 2. The first-order valence-corrected chi connectivity index (χ1v) is 6.51. The summed E-state index contributed by atoms with van der Waals surface area (Å²) in [7, 11) is 0. The number of halogens is 1. The van der Waals surface area contributed by atoms with Crippen LogP contribution in [-0.2, 0) is 21.6 Å². The van der Waals surface area contributed by atoms with E-state index in [-0.39, 0.29) is 11.6 Å². The summed E-state index contributed by atoms with van der Waals surface area (Å²) in [5.41, 5.74) is 7.62. The minimum atomic E-state index is -0.138. The van der Waals surface area contributed by atoms with Crippen molar-refractivity contribution in [3.63, 3.8) is 0 Å². The standard InChI is InChI=1S/C15H14N2O.Au.FH/c16-15(17)14-12(7-4-8-13(14)18)10-9-11-5-2-1-3-6-11;;/h1-10,18H,(H3,16,17);;1H/q;+1;/p-1. The third-order valence-electron chi connectivity index (χ3n) is 2.60. The first kappa shape index (κ1) is 16.2. The van der Waals surface area contributed by atoms with Gasteiger partial charge in [0.2, 0.25) is 0 Å². The quantitative estimate of drug-likeness (QED) is 0.289. The molecule has 0 amide bonds. The molecule has 0 fully saturated rings. The number of phenolic OH excluding ortho intramolecular Hbond substituents is 1. The summed E-state index contributed by atoms with van der Waals surface area (Å²) < 4.78 is 9.44. The normalized spacial score (nSPS) is 9.95. The van der Waals surface area contributed by atoms with Gasteiger partial charge in [-0.1, -0.05) is 54.6 Å². The fourth-order valence-corrected chi connectivity index (χ4v) is 1.74. The average molecular weight is 454 g/mol. The second-order valence-corrected chi connectivity index (χ2v) is 3.90. The van der Waals surface area contributed by atoms with Crippen molar-refractivity contribution >= 4 is 18.0 Å². The molecule has 0 unspecified atom stereocenters. The molecule has 20 heavy (non-hydrogen) atoms. The molecule has 2 aromatic rings. The van der Waals surface area contributed by atoms with Crippen molar-refractivity contribution in [1.82, 2.24) is 0 Å². The zero-order valence-electron chi connectivity index (χ0n) is 10.5. The van der Waals surface area contributed by atoms with Crippen LogP contribution in [0.15, 0.2) is 48.5 Å². The van der Waals surface area contributed by atoms with Crippen LogP contribution in [0.1, 0.15) is 16.7 Å². The van der Waals surface area contributed by atoms with E-state index in [0.717, 1.165) is 32.7 Å². The number of amidine groups is 1. The van der Waals surface area contributed by atoms with Crippen LogP contribution in [0, 0.1) is 5.41 Å². The van der Waals surface area contributed by atoms with E-state index in [1.54, 1.807) is 6.07 Å². The summed E-state index contributed by atoms with van der Waals surface area (Å²) in [4.78, 5) is 0. The van der Waals surface area contributed by atoms with E-state index >= 15 is 0 Å². The summed E-state index contributed by atoms with van der Waals surface area (Å²) >= 11 is 0.778. The molecule has 5 heteroatoms. The summed E-state index contributed by atoms with van der Waals surface area (Å²) in [5, 5.41) is 17.2. The monoisotopic (exact) mass is 454 g/mol. The Morgan fingerprint density at radius 2 is 1.70 bits per heavy atom. The van der Waals surface area contributed by atoms with Gasteiger partial charge >= 0.3 is 24.6 Å². The van der Waals surface area contributed by atoms with E-state index in [1.165, 1.54) is 6.07 Å². The van der Waals surface area contributed by atoms with Crippen LogP contribution in [0.3, 0.4) is 0 Å². The fraction of sp³-hybridized carbons (Fsp3) is 0. The van der Waals surface area contributed by atoms with Gasteiger partial charge in [0.05, 0.1) is 5.56 Å². The molecule has 108 valence electrons. The molecular formula is C15H14AuFN2O. The molecule has 0 saturated carbocycles.